The minimum absolute atomic E-state index is 0.101. The summed E-state index contributed by atoms with van der Waals surface area (Å²) in [5, 5.41) is 6.85. The van der Waals surface area contributed by atoms with Crippen LogP contribution in [0, 0.1) is 12.7 Å². The third-order valence-corrected chi connectivity index (χ3v) is 4.14. The maximum Gasteiger partial charge on any atom is 0.227 e. The Morgan fingerprint density at radius 2 is 1.96 bits per heavy atom. The van der Waals surface area contributed by atoms with Crippen molar-refractivity contribution in [3.05, 3.63) is 65.3 Å². The quantitative estimate of drug-likeness (QED) is 0.717. The number of aryl methyl sites for hydroxylation is 3. The smallest absolute Gasteiger partial charge is 0.227 e. The van der Waals surface area contributed by atoms with E-state index in [1.165, 1.54) is 12.1 Å². The minimum Gasteiger partial charge on any atom is -0.339 e. The molecule has 26 heavy (non-hydrogen) atoms. The number of aromatic nitrogens is 2. The van der Waals surface area contributed by atoms with Gasteiger partial charge in [0.05, 0.1) is 0 Å². The van der Waals surface area contributed by atoms with Gasteiger partial charge in [0.25, 0.3) is 0 Å². The molecule has 1 N–H and O–H groups in total. The molecule has 6 heteroatoms. The fourth-order valence-corrected chi connectivity index (χ4v) is 2.70. The minimum atomic E-state index is -0.322. The fraction of sp³-hybridized carbons (Fsp3) is 0.250. The van der Waals surface area contributed by atoms with Crippen molar-refractivity contribution in [1.82, 2.24) is 10.1 Å². The van der Waals surface area contributed by atoms with E-state index < -0.39 is 0 Å². The summed E-state index contributed by atoms with van der Waals surface area (Å²) in [6.07, 6.45) is 1.43. The third kappa shape index (κ3) is 4.14. The van der Waals surface area contributed by atoms with Crippen LogP contribution in [0.2, 0.25) is 0 Å². The van der Waals surface area contributed by atoms with Gasteiger partial charge in [0.15, 0.2) is 0 Å². The van der Waals surface area contributed by atoms with Crippen molar-refractivity contribution >= 4 is 11.6 Å². The second-order valence-electron chi connectivity index (χ2n) is 6.03. The molecule has 0 bridgehead atoms. The van der Waals surface area contributed by atoms with Crippen molar-refractivity contribution in [3.63, 3.8) is 0 Å². The highest BCUT2D eigenvalue weighted by molar-refractivity contribution is 5.92. The fourth-order valence-electron chi connectivity index (χ4n) is 2.70. The molecule has 0 saturated carbocycles. The Hall–Kier alpha value is -3.02. The number of amides is 1. The third-order valence-electron chi connectivity index (χ3n) is 4.14. The first-order valence-electron chi connectivity index (χ1n) is 8.53. The highest BCUT2D eigenvalue weighted by Crippen LogP contribution is 2.21. The number of nitrogens with zero attached hydrogens (tertiary/aromatic N) is 2. The number of carbonyl (C=O) groups is 1. The van der Waals surface area contributed by atoms with Crippen LogP contribution in [0.5, 0.6) is 0 Å². The SMILES string of the molecule is CCc1cccc(C)c1NC(=O)CCc1nc(-c2ccc(F)cc2)no1. The topological polar surface area (TPSA) is 68.0 Å². The molecule has 0 aliphatic heterocycles. The van der Waals surface area contributed by atoms with Crippen molar-refractivity contribution in [3.8, 4) is 11.4 Å². The molecule has 0 aliphatic rings. The van der Waals surface area contributed by atoms with Crippen LogP contribution < -0.4 is 5.32 Å². The molecule has 0 aliphatic carbocycles. The first kappa shape index (κ1) is 17.8. The maximum atomic E-state index is 13.0. The molecule has 0 unspecified atom stereocenters. The van der Waals surface area contributed by atoms with E-state index >= 15 is 0 Å². The number of rotatable bonds is 6. The Bertz CT molecular complexity index is 904. The van der Waals surface area contributed by atoms with Crippen LogP contribution in [0.3, 0.4) is 0 Å². The summed E-state index contributed by atoms with van der Waals surface area (Å²) in [6, 6.07) is 11.8. The number of carbonyl (C=O) groups excluding carboxylic acids is 1. The summed E-state index contributed by atoms with van der Waals surface area (Å²) >= 11 is 0. The van der Waals surface area contributed by atoms with Gasteiger partial charge in [0.2, 0.25) is 17.6 Å². The van der Waals surface area contributed by atoms with Crippen molar-refractivity contribution in [2.24, 2.45) is 0 Å². The number of benzene rings is 2. The van der Waals surface area contributed by atoms with Gasteiger partial charge in [0.1, 0.15) is 5.82 Å². The molecule has 1 amide bonds. The Morgan fingerprint density at radius 1 is 1.19 bits per heavy atom. The zero-order chi connectivity index (χ0) is 18.5. The molecule has 5 nitrogen and oxygen atoms in total. The average molecular weight is 353 g/mol. The molecule has 2 aromatic carbocycles. The Balaban J connectivity index is 1.61. The van der Waals surface area contributed by atoms with Gasteiger partial charge in [-0.15, -0.1) is 0 Å². The molecule has 0 saturated heterocycles. The first-order valence-corrected chi connectivity index (χ1v) is 8.53. The first-order chi connectivity index (χ1) is 12.6. The lowest BCUT2D eigenvalue weighted by molar-refractivity contribution is -0.116. The molecule has 3 aromatic rings. The van der Waals surface area contributed by atoms with Crippen LogP contribution in [-0.4, -0.2) is 16.0 Å². The van der Waals surface area contributed by atoms with E-state index in [1.807, 2.05) is 25.1 Å². The number of hydrogen-bond acceptors (Lipinski definition) is 4. The summed E-state index contributed by atoms with van der Waals surface area (Å²) in [6.45, 7) is 4.03. The Morgan fingerprint density at radius 3 is 2.69 bits per heavy atom. The predicted octanol–water partition coefficient (Wildman–Crippen LogP) is 4.32. The molecule has 1 heterocycles. The normalized spacial score (nSPS) is 10.7. The van der Waals surface area contributed by atoms with Gasteiger partial charge in [0, 0.05) is 24.1 Å². The Labute approximate surface area is 151 Å². The lowest BCUT2D eigenvalue weighted by atomic mass is 10.1. The predicted molar refractivity (Wildman–Crippen MR) is 97.2 cm³/mol. The molecule has 3 rings (SSSR count). The van der Waals surface area contributed by atoms with E-state index in [0.717, 1.165) is 23.2 Å². The second kappa shape index (κ2) is 7.91. The van der Waals surface area contributed by atoms with Gasteiger partial charge in [-0.1, -0.05) is 30.3 Å². The highest BCUT2D eigenvalue weighted by atomic mass is 19.1. The van der Waals surface area contributed by atoms with Gasteiger partial charge >= 0.3 is 0 Å². The van der Waals surface area contributed by atoms with Crippen LogP contribution in [-0.2, 0) is 17.6 Å². The highest BCUT2D eigenvalue weighted by Gasteiger charge is 2.13. The number of anilines is 1. The van der Waals surface area contributed by atoms with E-state index in [9.17, 15) is 9.18 Å². The average Bonchev–Trinajstić information content (AvgIpc) is 3.11. The van der Waals surface area contributed by atoms with Gasteiger partial charge in [-0.25, -0.2) is 4.39 Å². The maximum absolute atomic E-state index is 13.0. The Kier molecular flexibility index (Phi) is 5.41. The number of hydrogen-bond donors (Lipinski definition) is 1. The van der Waals surface area contributed by atoms with Crippen molar-refractivity contribution < 1.29 is 13.7 Å². The van der Waals surface area contributed by atoms with Gasteiger partial charge in [-0.3, -0.25) is 4.79 Å². The lowest BCUT2D eigenvalue weighted by Crippen LogP contribution is -2.14. The number of halogens is 1. The standard InChI is InChI=1S/C20H20FN3O2/c1-3-14-6-4-5-13(2)19(14)22-17(25)11-12-18-23-20(24-26-18)15-7-9-16(21)10-8-15/h4-10H,3,11-12H2,1-2H3,(H,22,25). The van der Waals surface area contributed by atoms with Crippen LogP contribution in [0.25, 0.3) is 11.4 Å². The van der Waals surface area contributed by atoms with Crippen LogP contribution in [0.15, 0.2) is 47.0 Å². The van der Waals surface area contributed by atoms with Crippen molar-refractivity contribution in [1.29, 1.82) is 0 Å². The van der Waals surface area contributed by atoms with E-state index in [0.29, 0.717) is 23.7 Å². The van der Waals surface area contributed by atoms with Gasteiger partial charge in [-0.2, -0.15) is 4.98 Å². The van der Waals surface area contributed by atoms with Crippen LogP contribution >= 0.6 is 0 Å². The molecule has 0 radical (unpaired) electrons. The number of nitrogens with one attached hydrogen (secondary N) is 1. The zero-order valence-corrected chi connectivity index (χ0v) is 14.8. The van der Waals surface area contributed by atoms with E-state index in [1.54, 1.807) is 12.1 Å². The summed E-state index contributed by atoms with van der Waals surface area (Å²) < 4.78 is 18.2. The molecule has 0 atom stereocenters. The monoisotopic (exact) mass is 353 g/mol. The van der Waals surface area contributed by atoms with Gasteiger partial charge in [-0.05, 0) is 48.7 Å². The molecule has 0 spiro atoms. The molecular formula is C20H20FN3O2. The summed E-state index contributed by atoms with van der Waals surface area (Å²) in [4.78, 5) is 16.5. The molecule has 1 aromatic heterocycles. The van der Waals surface area contributed by atoms with Crippen LogP contribution in [0.1, 0.15) is 30.4 Å². The molecule has 0 fully saturated rings. The molecule has 134 valence electrons. The van der Waals surface area contributed by atoms with E-state index in [-0.39, 0.29) is 18.1 Å². The summed E-state index contributed by atoms with van der Waals surface area (Å²) in [5.74, 6) is 0.333. The van der Waals surface area contributed by atoms with E-state index in [2.05, 4.69) is 22.4 Å². The zero-order valence-electron chi connectivity index (χ0n) is 14.8. The van der Waals surface area contributed by atoms with Gasteiger partial charge < -0.3 is 9.84 Å². The van der Waals surface area contributed by atoms with Crippen LogP contribution in [0.4, 0.5) is 10.1 Å². The summed E-state index contributed by atoms with van der Waals surface area (Å²) in [7, 11) is 0. The largest absolute Gasteiger partial charge is 0.339 e. The lowest BCUT2D eigenvalue weighted by Gasteiger charge is -2.12. The van der Waals surface area contributed by atoms with E-state index in [4.69, 9.17) is 4.52 Å². The number of para-hydroxylation sites is 1. The van der Waals surface area contributed by atoms with Crippen molar-refractivity contribution in [2.75, 3.05) is 5.32 Å². The summed E-state index contributed by atoms with van der Waals surface area (Å²) in [5.41, 5.74) is 3.68. The molecular weight excluding hydrogens is 333 g/mol. The second-order valence-corrected chi connectivity index (χ2v) is 6.03. The van der Waals surface area contributed by atoms with Crippen molar-refractivity contribution in [2.45, 2.75) is 33.1 Å².